The molecule has 1 aliphatic heterocycles. The molecule has 2 atom stereocenters. The Morgan fingerprint density at radius 1 is 1.58 bits per heavy atom. The van der Waals surface area contributed by atoms with Gasteiger partial charge < -0.3 is 19.5 Å². The van der Waals surface area contributed by atoms with E-state index in [1.54, 1.807) is 7.11 Å². The van der Waals surface area contributed by atoms with Crippen molar-refractivity contribution in [3.8, 4) is 5.75 Å². The van der Waals surface area contributed by atoms with Crippen molar-refractivity contribution in [1.29, 1.82) is 0 Å². The van der Waals surface area contributed by atoms with E-state index in [0.29, 0.717) is 13.0 Å². The van der Waals surface area contributed by atoms with Crippen molar-refractivity contribution in [3.63, 3.8) is 0 Å². The third kappa shape index (κ3) is 3.92. The number of morpholine rings is 1. The minimum absolute atomic E-state index is 0.128. The number of aliphatic hydroxyl groups is 1. The van der Waals surface area contributed by atoms with Crippen molar-refractivity contribution < 1.29 is 14.6 Å². The summed E-state index contributed by atoms with van der Waals surface area (Å²) in [4.78, 5) is 2.18. The molecule has 5 heteroatoms. The van der Waals surface area contributed by atoms with Crippen molar-refractivity contribution in [2.24, 2.45) is 0 Å². The number of ether oxygens (including phenoxy) is 2. The Labute approximate surface area is 122 Å². The monoisotopic (exact) mass is 329 g/mol. The summed E-state index contributed by atoms with van der Waals surface area (Å²) in [6.07, 6.45) is -0.0842. The van der Waals surface area contributed by atoms with Gasteiger partial charge in [-0.2, -0.15) is 0 Å². The first-order valence-electron chi connectivity index (χ1n) is 6.41. The number of aliphatic hydroxyl groups excluding tert-OH is 1. The lowest BCUT2D eigenvalue weighted by Crippen LogP contribution is -2.46. The highest BCUT2D eigenvalue weighted by Gasteiger charge is 2.25. The third-order valence-corrected chi connectivity index (χ3v) is 4.18. The summed E-state index contributed by atoms with van der Waals surface area (Å²) in [5.74, 6) is 0.798. The van der Waals surface area contributed by atoms with Gasteiger partial charge in [0.2, 0.25) is 0 Å². The van der Waals surface area contributed by atoms with E-state index in [1.165, 1.54) is 0 Å². The Kier molecular flexibility index (Phi) is 5.21. The van der Waals surface area contributed by atoms with E-state index in [0.717, 1.165) is 28.9 Å². The molecule has 1 aromatic rings. The van der Waals surface area contributed by atoms with E-state index in [-0.39, 0.29) is 6.10 Å². The minimum Gasteiger partial charge on any atom is -0.497 e. The summed E-state index contributed by atoms with van der Waals surface area (Å²) >= 11 is 3.51. The van der Waals surface area contributed by atoms with Crippen LogP contribution in [0, 0.1) is 0 Å². The summed E-state index contributed by atoms with van der Waals surface area (Å²) in [5, 5.41) is 10.3. The maximum absolute atomic E-state index is 10.3. The van der Waals surface area contributed by atoms with Crippen LogP contribution in [0.4, 0.5) is 0 Å². The molecular formula is C14H20BrNO3. The van der Waals surface area contributed by atoms with Gasteiger partial charge in [0, 0.05) is 24.0 Å². The first-order valence-corrected chi connectivity index (χ1v) is 7.20. The van der Waals surface area contributed by atoms with Gasteiger partial charge in [0.05, 0.1) is 25.9 Å². The quantitative estimate of drug-likeness (QED) is 0.912. The van der Waals surface area contributed by atoms with Crippen molar-refractivity contribution in [2.45, 2.75) is 18.6 Å². The van der Waals surface area contributed by atoms with Crippen LogP contribution in [-0.4, -0.2) is 56.1 Å². The van der Waals surface area contributed by atoms with Gasteiger partial charge in [-0.3, -0.25) is 0 Å². The minimum atomic E-state index is -0.508. The molecule has 0 aliphatic carbocycles. The fourth-order valence-corrected chi connectivity index (χ4v) is 2.64. The van der Waals surface area contributed by atoms with E-state index >= 15 is 0 Å². The number of benzene rings is 1. The van der Waals surface area contributed by atoms with Crippen LogP contribution >= 0.6 is 15.9 Å². The van der Waals surface area contributed by atoms with E-state index in [1.807, 2.05) is 25.2 Å². The highest BCUT2D eigenvalue weighted by Crippen LogP contribution is 2.25. The molecule has 1 aromatic carbocycles. The molecule has 1 fully saturated rings. The number of halogens is 1. The summed E-state index contributed by atoms with van der Waals surface area (Å²) in [6, 6.07) is 5.78. The van der Waals surface area contributed by atoms with Crippen LogP contribution in [0.2, 0.25) is 0 Å². The first-order chi connectivity index (χ1) is 9.10. The molecule has 1 N–H and O–H groups in total. The smallest absolute Gasteiger partial charge is 0.119 e. The number of hydrogen-bond acceptors (Lipinski definition) is 4. The predicted octanol–water partition coefficient (Wildman–Crippen LogP) is 1.69. The van der Waals surface area contributed by atoms with Crippen molar-refractivity contribution in [1.82, 2.24) is 4.90 Å². The van der Waals surface area contributed by atoms with Crippen LogP contribution in [0.25, 0.3) is 0 Å². The lowest BCUT2D eigenvalue weighted by atomic mass is 10.0. The van der Waals surface area contributed by atoms with Crippen LogP contribution in [0.1, 0.15) is 5.56 Å². The van der Waals surface area contributed by atoms with Crippen LogP contribution in [0.15, 0.2) is 22.7 Å². The van der Waals surface area contributed by atoms with Crippen LogP contribution in [-0.2, 0) is 11.2 Å². The summed E-state index contributed by atoms with van der Waals surface area (Å²) < 4.78 is 11.8. The molecule has 0 spiro atoms. The van der Waals surface area contributed by atoms with Gasteiger partial charge in [0.15, 0.2) is 0 Å². The lowest BCUT2D eigenvalue weighted by molar-refractivity contribution is -0.0823. The summed E-state index contributed by atoms with van der Waals surface area (Å²) in [7, 11) is 3.69. The van der Waals surface area contributed by atoms with Gasteiger partial charge in [-0.05, 0) is 30.8 Å². The Morgan fingerprint density at radius 2 is 2.37 bits per heavy atom. The number of likely N-dealkylation sites (N-methyl/N-ethyl adjacent to an activating group) is 1. The zero-order valence-corrected chi connectivity index (χ0v) is 12.9. The second kappa shape index (κ2) is 6.70. The average Bonchev–Trinajstić information content (AvgIpc) is 2.41. The molecule has 0 amide bonds. The molecule has 1 heterocycles. The van der Waals surface area contributed by atoms with E-state index < -0.39 is 6.10 Å². The van der Waals surface area contributed by atoms with Crippen LogP contribution in [0.5, 0.6) is 5.75 Å². The maximum atomic E-state index is 10.3. The number of hydrogen-bond donors (Lipinski definition) is 1. The van der Waals surface area contributed by atoms with E-state index in [2.05, 4.69) is 20.8 Å². The Balaban J connectivity index is 2.03. The molecule has 4 nitrogen and oxygen atoms in total. The van der Waals surface area contributed by atoms with Crippen LogP contribution in [0.3, 0.4) is 0 Å². The molecule has 2 rings (SSSR count). The van der Waals surface area contributed by atoms with E-state index in [4.69, 9.17) is 9.47 Å². The Morgan fingerprint density at radius 3 is 3.05 bits per heavy atom. The molecule has 1 saturated heterocycles. The highest BCUT2D eigenvalue weighted by molar-refractivity contribution is 9.10. The Hall–Kier alpha value is -0.620. The summed E-state index contributed by atoms with van der Waals surface area (Å²) in [5.41, 5.74) is 1.03. The molecule has 106 valence electrons. The topological polar surface area (TPSA) is 41.9 Å². The molecule has 2 unspecified atom stereocenters. The number of methoxy groups -OCH3 is 1. The second-order valence-corrected chi connectivity index (χ2v) is 5.75. The standard InChI is InChI=1S/C14H20BrNO3/c1-16-5-6-19-14(9-16)13(17)8-10-7-11(18-2)3-4-12(10)15/h3-4,7,13-14,17H,5-6,8-9H2,1-2H3. The third-order valence-electron chi connectivity index (χ3n) is 3.41. The largest absolute Gasteiger partial charge is 0.497 e. The van der Waals surface area contributed by atoms with Crippen molar-refractivity contribution in [3.05, 3.63) is 28.2 Å². The zero-order valence-electron chi connectivity index (χ0n) is 11.3. The first kappa shape index (κ1) is 14.8. The van der Waals surface area contributed by atoms with Crippen LogP contribution < -0.4 is 4.74 Å². The van der Waals surface area contributed by atoms with Crippen molar-refractivity contribution in [2.75, 3.05) is 33.9 Å². The Bertz CT molecular complexity index is 427. The summed E-state index contributed by atoms with van der Waals surface area (Å²) in [6.45, 7) is 2.37. The molecule has 0 bridgehead atoms. The van der Waals surface area contributed by atoms with Gasteiger partial charge in [-0.1, -0.05) is 15.9 Å². The van der Waals surface area contributed by atoms with E-state index in [9.17, 15) is 5.11 Å². The molecule has 0 radical (unpaired) electrons. The van der Waals surface area contributed by atoms with Crippen molar-refractivity contribution >= 4 is 15.9 Å². The number of rotatable bonds is 4. The molecule has 1 aliphatic rings. The van der Waals surface area contributed by atoms with Gasteiger partial charge in [0.25, 0.3) is 0 Å². The predicted molar refractivity (Wildman–Crippen MR) is 77.6 cm³/mol. The normalized spacial score (nSPS) is 22.2. The highest BCUT2D eigenvalue weighted by atomic mass is 79.9. The zero-order chi connectivity index (χ0) is 13.8. The average molecular weight is 330 g/mol. The molecule has 0 saturated carbocycles. The SMILES string of the molecule is COc1ccc(Br)c(CC(O)C2CN(C)CCO2)c1. The fourth-order valence-electron chi connectivity index (χ4n) is 2.24. The number of nitrogens with zero attached hydrogens (tertiary/aromatic N) is 1. The lowest BCUT2D eigenvalue weighted by Gasteiger charge is -2.33. The van der Waals surface area contributed by atoms with Gasteiger partial charge in [0.1, 0.15) is 5.75 Å². The second-order valence-electron chi connectivity index (χ2n) is 4.90. The molecule has 0 aromatic heterocycles. The molecular weight excluding hydrogens is 310 g/mol. The molecule has 19 heavy (non-hydrogen) atoms. The maximum Gasteiger partial charge on any atom is 0.119 e. The van der Waals surface area contributed by atoms with Gasteiger partial charge >= 0.3 is 0 Å². The van der Waals surface area contributed by atoms with Gasteiger partial charge in [-0.15, -0.1) is 0 Å². The fraction of sp³-hybridized carbons (Fsp3) is 0.571. The van der Waals surface area contributed by atoms with Gasteiger partial charge in [-0.25, -0.2) is 0 Å².